The van der Waals surface area contributed by atoms with E-state index in [1.807, 2.05) is 29.6 Å². The van der Waals surface area contributed by atoms with E-state index < -0.39 is 5.69 Å². The Kier molecular flexibility index (Phi) is 5.04. The fourth-order valence-electron chi connectivity index (χ4n) is 2.65. The van der Waals surface area contributed by atoms with E-state index in [4.69, 9.17) is 0 Å². The van der Waals surface area contributed by atoms with Crippen LogP contribution in [0.2, 0.25) is 0 Å². The number of nitrogens with zero attached hydrogens (tertiary/aromatic N) is 3. The summed E-state index contributed by atoms with van der Waals surface area (Å²) in [5.41, 5.74) is 1.89. The Labute approximate surface area is 149 Å². The number of carbonyl (C=O) groups is 1. The zero-order valence-corrected chi connectivity index (χ0v) is 14.8. The second-order valence-electron chi connectivity index (χ2n) is 5.70. The van der Waals surface area contributed by atoms with Gasteiger partial charge in [-0.25, -0.2) is 4.79 Å². The molecule has 0 aliphatic rings. The number of hydrogen-bond acceptors (Lipinski definition) is 5. The summed E-state index contributed by atoms with van der Waals surface area (Å²) < 4.78 is 1.38. The van der Waals surface area contributed by atoms with Gasteiger partial charge in [-0.05, 0) is 49.1 Å². The van der Waals surface area contributed by atoms with E-state index in [1.165, 1.54) is 4.57 Å². The van der Waals surface area contributed by atoms with Crippen LogP contribution >= 0.6 is 11.3 Å². The van der Waals surface area contributed by atoms with E-state index in [-0.39, 0.29) is 18.5 Å². The second kappa shape index (κ2) is 7.40. The molecule has 0 bridgehead atoms. The number of hydrogen-bond donors (Lipinski definition) is 1. The number of aromatic nitrogens is 3. The van der Waals surface area contributed by atoms with Crippen LogP contribution in [-0.2, 0) is 11.3 Å². The molecule has 0 saturated heterocycles. The molecule has 0 aromatic carbocycles. The minimum atomic E-state index is -0.413. The summed E-state index contributed by atoms with van der Waals surface area (Å²) in [6.07, 6.45) is 3.39. The molecule has 1 atom stereocenters. The molecule has 7 heteroatoms. The molecule has 25 heavy (non-hydrogen) atoms. The Morgan fingerprint density at radius 3 is 2.68 bits per heavy atom. The summed E-state index contributed by atoms with van der Waals surface area (Å²) in [6, 6.07) is 9.17. The van der Waals surface area contributed by atoms with Crippen molar-refractivity contribution in [3.05, 3.63) is 80.4 Å². The maximum Gasteiger partial charge on any atom is 0.348 e. The van der Waals surface area contributed by atoms with Gasteiger partial charge >= 0.3 is 5.69 Å². The van der Waals surface area contributed by atoms with Crippen LogP contribution in [0.5, 0.6) is 0 Å². The predicted molar refractivity (Wildman–Crippen MR) is 96.5 cm³/mol. The van der Waals surface area contributed by atoms with E-state index in [1.54, 1.807) is 43.6 Å². The fourth-order valence-corrected chi connectivity index (χ4v) is 3.45. The average molecular weight is 354 g/mol. The highest BCUT2D eigenvalue weighted by molar-refractivity contribution is 7.10. The highest BCUT2D eigenvalue weighted by Crippen LogP contribution is 2.25. The Morgan fingerprint density at radius 1 is 1.28 bits per heavy atom. The minimum absolute atomic E-state index is 0.0646. The number of aryl methyl sites for hydroxylation is 2. The molecule has 0 saturated carbocycles. The standard InChI is InChI=1S/C18H18N4O2S/c1-12-10-13(2)22(18(24)20-12)11-16(23)21-17(15-4-3-9-25-15)14-5-7-19-8-6-14/h3-10,17H,11H2,1-2H3,(H,21,23). The maximum absolute atomic E-state index is 12.6. The Hall–Kier alpha value is -2.80. The second-order valence-corrected chi connectivity index (χ2v) is 6.68. The number of nitrogens with one attached hydrogen (secondary N) is 1. The van der Waals surface area contributed by atoms with Crippen molar-refractivity contribution in [2.45, 2.75) is 26.4 Å². The first-order chi connectivity index (χ1) is 12.0. The molecule has 1 amide bonds. The molecule has 3 heterocycles. The molecule has 128 valence electrons. The molecule has 3 aromatic heterocycles. The molecular weight excluding hydrogens is 336 g/mol. The number of pyridine rings is 1. The first kappa shape index (κ1) is 17.0. The van der Waals surface area contributed by atoms with Crippen molar-refractivity contribution in [1.29, 1.82) is 0 Å². The summed E-state index contributed by atoms with van der Waals surface area (Å²) in [4.78, 5) is 33.6. The zero-order valence-electron chi connectivity index (χ0n) is 14.0. The van der Waals surface area contributed by atoms with E-state index >= 15 is 0 Å². The van der Waals surface area contributed by atoms with Crippen molar-refractivity contribution < 1.29 is 4.79 Å². The Balaban J connectivity index is 1.84. The third-order valence-electron chi connectivity index (χ3n) is 3.82. The van der Waals surface area contributed by atoms with Crippen LogP contribution < -0.4 is 11.0 Å². The molecule has 0 aliphatic heterocycles. The molecule has 0 fully saturated rings. The highest BCUT2D eigenvalue weighted by Gasteiger charge is 2.18. The van der Waals surface area contributed by atoms with Gasteiger partial charge in [-0.2, -0.15) is 4.98 Å². The lowest BCUT2D eigenvalue weighted by atomic mass is 10.1. The molecular formula is C18H18N4O2S. The van der Waals surface area contributed by atoms with Crippen molar-refractivity contribution in [2.75, 3.05) is 0 Å². The van der Waals surface area contributed by atoms with Gasteiger partial charge in [0.1, 0.15) is 6.54 Å². The molecule has 6 nitrogen and oxygen atoms in total. The lowest BCUT2D eigenvalue weighted by Crippen LogP contribution is -2.36. The lowest BCUT2D eigenvalue weighted by Gasteiger charge is -2.19. The van der Waals surface area contributed by atoms with E-state index in [0.29, 0.717) is 11.4 Å². The average Bonchev–Trinajstić information content (AvgIpc) is 3.11. The van der Waals surface area contributed by atoms with Crippen molar-refractivity contribution >= 4 is 17.2 Å². The first-order valence-electron chi connectivity index (χ1n) is 7.82. The first-order valence-corrected chi connectivity index (χ1v) is 8.70. The van der Waals surface area contributed by atoms with E-state index in [9.17, 15) is 9.59 Å². The molecule has 3 aromatic rings. The Morgan fingerprint density at radius 2 is 2.04 bits per heavy atom. The fraction of sp³-hybridized carbons (Fsp3) is 0.222. The molecule has 0 radical (unpaired) electrons. The van der Waals surface area contributed by atoms with Gasteiger partial charge in [0.05, 0.1) is 6.04 Å². The summed E-state index contributed by atoms with van der Waals surface area (Å²) in [5, 5.41) is 4.98. The van der Waals surface area contributed by atoms with Crippen LogP contribution in [0.25, 0.3) is 0 Å². The largest absolute Gasteiger partial charge is 0.348 e. The van der Waals surface area contributed by atoms with Crippen molar-refractivity contribution in [1.82, 2.24) is 19.9 Å². The summed E-state index contributed by atoms with van der Waals surface area (Å²) in [6.45, 7) is 3.49. The smallest absolute Gasteiger partial charge is 0.343 e. The predicted octanol–water partition coefficient (Wildman–Crippen LogP) is 2.22. The maximum atomic E-state index is 12.6. The quantitative estimate of drug-likeness (QED) is 0.762. The van der Waals surface area contributed by atoms with Crippen LogP contribution in [0.1, 0.15) is 27.9 Å². The van der Waals surface area contributed by atoms with Gasteiger partial charge in [0.2, 0.25) is 5.91 Å². The number of carbonyl (C=O) groups excluding carboxylic acids is 1. The molecule has 0 aliphatic carbocycles. The molecule has 3 rings (SSSR count). The van der Waals surface area contributed by atoms with Gasteiger partial charge in [0.25, 0.3) is 0 Å². The van der Waals surface area contributed by atoms with Crippen LogP contribution in [0.15, 0.2) is 52.9 Å². The van der Waals surface area contributed by atoms with Crippen LogP contribution in [0, 0.1) is 13.8 Å². The minimum Gasteiger partial charge on any atom is -0.343 e. The van der Waals surface area contributed by atoms with Crippen molar-refractivity contribution in [2.24, 2.45) is 0 Å². The van der Waals surface area contributed by atoms with Gasteiger partial charge < -0.3 is 5.32 Å². The molecule has 0 spiro atoms. The molecule has 1 unspecified atom stereocenters. The number of thiophene rings is 1. The van der Waals surface area contributed by atoms with Crippen LogP contribution in [0.3, 0.4) is 0 Å². The third-order valence-corrected chi connectivity index (χ3v) is 4.76. The van der Waals surface area contributed by atoms with Gasteiger partial charge in [0, 0.05) is 28.7 Å². The summed E-state index contributed by atoms with van der Waals surface area (Å²) >= 11 is 1.57. The molecule has 1 N–H and O–H groups in total. The normalized spacial score (nSPS) is 11.9. The monoisotopic (exact) mass is 354 g/mol. The van der Waals surface area contributed by atoms with Gasteiger partial charge in [-0.1, -0.05) is 6.07 Å². The zero-order chi connectivity index (χ0) is 17.8. The number of amides is 1. The summed E-state index contributed by atoms with van der Waals surface area (Å²) in [7, 11) is 0. The van der Waals surface area contributed by atoms with Gasteiger partial charge in [-0.15, -0.1) is 11.3 Å². The lowest BCUT2D eigenvalue weighted by molar-refractivity contribution is -0.122. The van der Waals surface area contributed by atoms with Gasteiger partial charge in [0.15, 0.2) is 0 Å². The topological polar surface area (TPSA) is 76.9 Å². The highest BCUT2D eigenvalue weighted by atomic mass is 32.1. The van der Waals surface area contributed by atoms with Crippen LogP contribution in [0.4, 0.5) is 0 Å². The van der Waals surface area contributed by atoms with Crippen molar-refractivity contribution in [3.8, 4) is 0 Å². The summed E-state index contributed by atoms with van der Waals surface area (Å²) in [5.74, 6) is -0.244. The Bertz CT molecular complexity index is 920. The van der Waals surface area contributed by atoms with Gasteiger partial charge in [-0.3, -0.25) is 14.3 Å². The SMILES string of the molecule is Cc1cc(C)n(CC(=O)NC(c2ccncc2)c2cccs2)c(=O)n1. The van der Waals surface area contributed by atoms with E-state index in [0.717, 1.165) is 10.4 Å². The number of rotatable bonds is 5. The van der Waals surface area contributed by atoms with Crippen LogP contribution in [-0.4, -0.2) is 20.4 Å². The van der Waals surface area contributed by atoms with E-state index in [2.05, 4.69) is 15.3 Å². The third kappa shape index (κ3) is 4.00. The van der Waals surface area contributed by atoms with Crippen molar-refractivity contribution in [3.63, 3.8) is 0 Å².